The largest absolute Gasteiger partial charge is 0.465 e. The van der Waals surface area contributed by atoms with Crippen LogP contribution in [-0.4, -0.2) is 12.6 Å². The summed E-state index contributed by atoms with van der Waals surface area (Å²) in [5, 5.41) is 0. The summed E-state index contributed by atoms with van der Waals surface area (Å²) in [7, 11) is 0. The lowest BCUT2D eigenvalue weighted by atomic mass is 9.32. The zero-order valence-electron chi connectivity index (χ0n) is 23.4. The molecule has 2 heteroatoms. The molecule has 2 nitrogen and oxygen atoms in total. The number of hydrogen-bond donors (Lipinski definition) is 0. The Morgan fingerprint density at radius 2 is 1.56 bits per heavy atom. The number of hydrogen-bond acceptors (Lipinski definition) is 2. The monoisotopic (exact) mass is 468 g/mol. The van der Waals surface area contributed by atoms with E-state index in [0.29, 0.717) is 40.1 Å². The van der Waals surface area contributed by atoms with Crippen LogP contribution in [0, 0.1) is 56.7 Å². The van der Waals surface area contributed by atoms with Gasteiger partial charge in [0.2, 0.25) is 0 Å². The van der Waals surface area contributed by atoms with Crippen LogP contribution in [0.4, 0.5) is 0 Å². The number of carbonyl (C=O) groups is 1. The average Bonchev–Trinajstić information content (AvgIpc) is 3.12. The van der Waals surface area contributed by atoms with Gasteiger partial charge in [0.1, 0.15) is 0 Å². The van der Waals surface area contributed by atoms with E-state index in [4.69, 9.17) is 4.74 Å². The number of ether oxygens (including phenoxy) is 1. The van der Waals surface area contributed by atoms with Crippen molar-refractivity contribution in [2.24, 2.45) is 56.7 Å². The highest BCUT2D eigenvalue weighted by molar-refractivity contribution is 5.65. The second kappa shape index (κ2) is 7.85. The number of allylic oxidation sites excluding steroid dienone is 1. The van der Waals surface area contributed by atoms with Crippen LogP contribution in [0.5, 0.6) is 0 Å². The maximum absolute atomic E-state index is 11.9. The van der Waals surface area contributed by atoms with Gasteiger partial charge in [-0.25, -0.2) is 0 Å². The fourth-order valence-corrected chi connectivity index (χ4v) is 11.9. The van der Waals surface area contributed by atoms with Crippen molar-refractivity contribution in [2.45, 2.75) is 119 Å². The van der Waals surface area contributed by atoms with E-state index in [1.54, 1.807) is 6.92 Å². The highest BCUT2D eigenvalue weighted by Crippen LogP contribution is 2.77. The fourth-order valence-electron chi connectivity index (χ4n) is 11.9. The quantitative estimate of drug-likeness (QED) is 0.306. The summed E-state index contributed by atoms with van der Waals surface area (Å²) in [6.07, 6.45) is 14.9. The molecule has 0 aliphatic heterocycles. The van der Waals surface area contributed by atoms with Crippen LogP contribution in [0.3, 0.4) is 0 Å². The van der Waals surface area contributed by atoms with Crippen molar-refractivity contribution in [1.82, 2.24) is 0 Å². The number of rotatable bonds is 3. The summed E-state index contributed by atoms with van der Waals surface area (Å²) in [4.78, 5) is 11.9. The molecule has 34 heavy (non-hydrogen) atoms. The first-order valence-electron chi connectivity index (χ1n) is 14.6. The third kappa shape index (κ3) is 3.21. The maximum Gasteiger partial charge on any atom is 0.302 e. The summed E-state index contributed by atoms with van der Waals surface area (Å²) in [5.41, 5.74) is 3.35. The van der Waals surface area contributed by atoms with Crippen LogP contribution < -0.4 is 0 Å². The lowest BCUT2D eigenvalue weighted by Crippen LogP contribution is -2.65. The van der Waals surface area contributed by atoms with Crippen LogP contribution >= 0.6 is 0 Å². The zero-order chi connectivity index (χ0) is 24.7. The van der Waals surface area contributed by atoms with E-state index >= 15 is 0 Å². The van der Waals surface area contributed by atoms with Gasteiger partial charge < -0.3 is 4.74 Å². The molecule has 0 saturated heterocycles. The maximum atomic E-state index is 11.9. The molecule has 0 amide bonds. The Morgan fingerprint density at radius 1 is 0.824 bits per heavy atom. The SMILES string of the molecule is C=C(C)[C@H]1CC[C@]2(COC(C)=O)CC[C@@]3(C)[C@H](CC[C@@H]4[C@@]5(C)CCCC(C)(C)[C@H]5CC[C@@]43C)[C@H]12. The first-order valence-corrected chi connectivity index (χ1v) is 14.6. The van der Waals surface area contributed by atoms with Gasteiger partial charge in [-0.1, -0.05) is 53.2 Å². The fraction of sp³-hybridized carbons (Fsp3) is 0.906. The predicted octanol–water partition coefficient (Wildman–Crippen LogP) is 8.60. The second-order valence-corrected chi connectivity index (χ2v) is 15.2. The Morgan fingerprint density at radius 3 is 2.24 bits per heavy atom. The minimum absolute atomic E-state index is 0.109. The molecule has 0 radical (unpaired) electrons. The molecule has 5 aliphatic carbocycles. The van der Waals surface area contributed by atoms with E-state index in [0.717, 1.165) is 17.8 Å². The summed E-state index contributed by atoms with van der Waals surface area (Å²) < 4.78 is 5.80. The van der Waals surface area contributed by atoms with Crippen molar-refractivity contribution < 1.29 is 9.53 Å². The Kier molecular flexibility index (Phi) is 5.75. The molecular weight excluding hydrogens is 416 g/mol. The molecule has 0 bridgehead atoms. The standard InChI is InChI=1S/C32H52O2/c1-21(2)23-12-17-32(20-34-22(3)33)19-18-30(7)24(27(23)32)10-11-26-29(6)15-9-14-28(4,5)25(29)13-16-31(26,30)8/h23-27H,1,9-20H2,2-8H3/t23-,24-,25-,26-,27+,29+,30+,31+,32-/m1/s1. The molecule has 9 atom stereocenters. The average molecular weight is 469 g/mol. The van der Waals surface area contributed by atoms with Gasteiger partial charge in [-0.15, -0.1) is 0 Å². The van der Waals surface area contributed by atoms with E-state index in [9.17, 15) is 4.79 Å². The van der Waals surface area contributed by atoms with Gasteiger partial charge >= 0.3 is 5.97 Å². The van der Waals surface area contributed by atoms with Gasteiger partial charge in [-0.2, -0.15) is 0 Å². The van der Waals surface area contributed by atoms with Gasteiger partial charge in [0.05, 0.1) is 6.61 Å². The van der Waals surface area contributed by atoms with Crippen LogP contribution in [0.15, 0.2) is 12.2 Å². The van der Waals surface area contributed by atoms with E-state index in [2.05, 4.69) is 48.1 Å². The molecule has 5 aliphatic rings. The van der Waals surface area contributed by atoms with Gasteiger partial charge in [0.25, 0.3) is 0 Å². The molecule has 0 aromatic carbocycles. The molecule has 0 heterocycles. The Hall–Kier alpha value is -0.790. The Bertz CT molecular complexity index is 857. The van der Waals surface area contributed by atoms with Crippen molar-refractivity contribution in [3.63, 3.8) is 0 Å². The molecule has 0 aromatic heterocycles. The van der Waals surface area contributed by atoms with Gasteiger partial charge in [0, 0.05) is 12.3 Å². The highest BCUT2D eigenvalue weighted by Gasteiger charge is 2.70. The molecule has 192 valence electrons. The second-order valence-electron chi connectivity index (χ2n) is 15.2. The summed E-state index contributed by atoms with van der Waals surface area (Å²) in [5.74, 6) is 3.59. The molecule has 0 aromatic rings. The predicted molar refractivity (Wildman–Crippen MR) is 140 cm³/mol. The molecule has 0 unspecified atom stereocenters. The van der Waals surface area contributed by atoms with Crippen molar-refractivity contribution in [3.05, 3.63) is 12.2 Å². The third-order valence-electron chi connectivity index (χ3n) is 13.5. The summed E-state index contributed by atoms with van der Waals surface area (Å²) >= 11 is 0. The molecular formula is C32H52O2. The van der Waals surface area contributed by atoms with Gasteiger partial charge in [-0.05, 0) is 122 Å². The summed E-state index contributed by atoms with van der Waals surface area (Å²) in [6.45, 7) is 22.3. The number of esters is 1. The van der Waals surface area contributed by atoms with Crippen molar-refractivity contribution in [1.29, 1.82) is 0 Å². The van der Waals surface area contributed by atoms with E-state index in [-0.39, 0.29) is 11.4 Å². The van der Waals surface area contributed by atoms with Crippen LogP contribution in [0.25, 0.3) is 0 Å². The molecule has 0 N–H and O–H groups in total. The van der Waals surface area contributed by atoms with Gasteiger partial charge in [0.15, 0.2) is 0 Å². The molecule has 0 spiro atoms. The number of fused-ring (bicyclic) bond motifs is 7. The minimum atomic E-state index is -0.109. The Labute approximate surface area is 210 Å². The first kappa shape index (κ1) is 24.9. The minimum Gasteiger partial charge on any atom is -0.465 e. The highest BCUT2D eigenvalue weighted by atomic mass is 16.5. The first-order chi connectivity index (χ1) is 15.8. The smallest absolute Gasteiger partial charge is 0.302 e. The normalized spacial score (nSPS) is 51.4. The van der Waals surface area contributed by atoms with Crippen LogP contribution in [0.2, 0.25) is 0 Å². The lowest BCUT2D eigenvalue weighted by Gasteiger charge is -2.72. The zero-order valence-corrected chi connectivity index (χ0v) is 23.4. The van der Waals surface area contributed by atoms with Crippen molar-refractivity contribution in [3.8, 4) is 0 Å². The lowest BCUT2D eigenvalue weighted by molar-refractivity contribution is -0.239. The molecule has 5 saturated carbocycles. The van der Waals surface area contributed by atoms with E-state index in [1.807, 2.05) is 0 Å². The third-order valence-corrected chi connectivity index (χ3v) is 13.5. The van der Waals surface area contributed by atoms with Gasteiger partial charge in [-0.3, -0.25) is 4.79 Å². The van der Waals surface area contributed by atoms with Crippen molar-refractivity contribution in [2.75, 3.05) is 6.61 Å². The van der Waals surface area contributed by atoms with Crippen molar-refractivity contribution >= 4 is 5.97 Å². The molecule has 5 fully saturated rings. The molecule has 5 rings (SSSR count). The Balaban J connectivity index is 1.53. The van der Waals surface area contributed by atoms with Crippen LogP contribution in [0.1, 0.15) is 119 Å². The van der Waals surface area contributed by atoms with E-state index in [1.165, 1.54) is 76.2 Å². The van der Waals surface area contributed by atoms with Crippen LogP contribution in [-0.2, 0) is 9.53 Å². The number of carbonyl (C=O) groups excluding carboxylic acids is 1. The van der Waals surface area contributed by atoms with E-state index < -0.39 is 0 Å². The topological polar surface area (TPSA) is 26.3 Å². The summed E-state index contributed by atoms with van der Waals surface area (Å²) in [6, 6.07) is 0.